The molecule has 3 N–H and O–H groups in total. The molecule has 1 aliphatic rings. The van der Waals surface area contributed by atoms with Crippen LogP contribution in [-0.2, 0) is 6.42 Å². The first-order chi connectivity index (χ1) is 7.75. The minimum atomic E-state index is 0.500. The zero-order chi connectivity index (χ0) is 11.1. The maximum Gasteiger partial charge on any atom is 0.157 e. The van der Waals surface area contributed by atoms with E-state index in [0.717, 1.165) is 30.9 Å². The summed E-state index contributed by atoms with van der Waals surface area (Å²) in [6, 6.07) is 3.76. The van der Waals surface area contributed by atoms with Crippen molar-refractivity contribution >= 4 is 22.8 Å². The van der Waals surface area contributed by atoms with Crippen LogP contribution in [-0.4, -0.2) is 22.5 Å². The van der Waals surface area contributed by atoms with E-state index >= 15 is 0 Å². The van der Waals surface area contributed by atoms with Crippen molar-refractivity contribution in [2.75, 3.05) is 18.8 Å². The van der Waals surface area contributed by atoms with Crippen molar-refractivity contribution in [3.05, 3.63) is 29.3 Å². The Morgan fingerprint density at radius 1 is 1.56 bits per heavy atom. The summed E-state index contributed by atoms with van der Waals surface area (Å²) in [6.45, 7) is 2.13. The van der Waals surface area contributed by atoms with Gasteiger partial charge in [-0.15, -0.1) is 0 Å². The largest absolute Gasteiger partial charge is 0.397 e. The fourth-order valence-electron chi connectivity index (χ4n) is 2.07. The van der Waals surface area contributed by atoms with Gasteiger partial charge in [-0.05, 0) is 31.1 Å². The van der Waals surface area contributed by atoms with E-state index in [4.69, 9.17) is 17.3 Å². The number of fused-ring (bicyclic) bond motifs is 1. The maximum absolute atomic E-state index is 6.10. The Balaban J connectivity index is 2.07. The summed E-state index contributed by atoms with van der Waals surface area (Å²) in [5.74, 6) is 1.67. The zero-order valence-corrected chi connectivity index (χ0v) is 9.54. The van der Waals surface area contributed by atoms with Gasteiger partial charge in [-0.2, -0.15) is 0 Å². The molecule has 0 radical (unpaired) electrons. The van der Waals surface area contributed by atoms with E-state index in [1.165, 1.54) is 0 Å². The number of pyridine rings is 1. The quantitative estimate of drug-likeness (QED) is 0.827. The summed E-state index contributed by atoms with van der Waals surface area (Å²) in [7, 11) is 0. The van der Waals surface area contributed by atoms with E-state index in [1.54, 1.807) is 0 Å². The standard InChI is InChI=1S/C11H13ClN4/c12-11-10-8(13)2-1-3-16(10)9(15-11)4-7-5-14-6-7/h1-3,7,14H,4-6,13H2. The first-order valence-corrected chi connectivity index (χ1v) is 5.75. The number of nitrogens with zero attached hydrogens (tertiary/aromatic N) is 2. The minimum absolute atomic E-state index is 0.500. The molecule has 4 nitrogen and oxygen atoms in total. The molecule has 2 aromatic heterocycles. The highest BCUT2D eigenvalue weighted by molar-refractivity contribution is 6.33. The normalized spacial score (nSPS) is 16.6. The third kappa shape index (κ3) is 1.45. The molecular formula is C11H13ClN4. The summed E-state index contributed by atoms with van der Waals surface area (Å²) in [5.41, 5.74) is 7.39. The van der Waals surface area contributed by atoms with Gasteiger partial charge in [-0.25, -0.2) is 4.98 Å². The molecule has 0 aliphatic carbocycles. The molecule has 0 saturated carbocycles. The fraction of sp³-hybridized carbons (Fsp3) is 0.364. The van der Waals surface area contributed by atoms with Crippen molar-refractivity contribution in [3.8, 4) is 0 Å². The highest BCUT2D eigenvalue weighted by Crippen LogP contribution is 2.25. The molecule has 2 aromatic rings. The molecule has 1 fully saturated rings. The Hall–Kier alpha value is -1.26. The number of nitrogens with two attached hydrogens (primary N) is 1. The Morgan fingerprint density at radius 2 is 2.38 bits per heavy atom. The second-order valence-electron chi connectivity index (χ2n) is 4.23. The molecule has 3 heterocycles. The molecule has 84 valence electrons. The lowest BCUT2D eigenvalue weighted by molar-refractivity contribution is 0.341. The van der Waals surface area contributed by atoms with E-state index in [2.05, 4.69) is 10.3 Å². The number of rotatable bonds is 2. The molecular weight excluding hydrogens is 224 g/mol. The number of aromatic nitrogens is 2. The summed E-state index contributed by atoms with van der Waals surface area (Å²) in [5, 5.41) is 3.75. The topological polar surface area (TPSA) is 55.4 Å². The first-order valence-electron chi connectivity index (χ1n) is 5.37. The third-order valence-corrected chi connectivity index (χ3v) is 3.33. The maximum atomic E-state index is 6.10. The summed E-state index contributed by atoms with van der Waals surface area (Å²) in [6.07, 6.45) is 2.91. The van der Waals surface area contributed by atoms with Gasteiger partial charge in [0.15, 0.2) is 5.15 Å². The molecule has 16 heavy (non-hydrogen) atoms. The zero-order valence-electron chi connectivity index (χ0n) is 8.78. The molecule has 0 spiro atoms. The number of anilines is 1. The number of halogens is 1. The molecule has 0 aromatic carbocycles. The van der Waals surface area contributed by atoms with Gasteiger partial charge >= 0.3 is 0 Å². The Bertz CT molecular complexity index is 530. The molecule has 0 amide bonds. The van der Waals surface area contributed by atoms with Crippen molar-refractivity contribution in [3.63, 3.8) is 0 Å². The summed E-state index contributed by atoms with van der Waals surface area (Å²) >= 11 is 6.10. The molecule has 0 unspecified atom stereocenters. The van der Waals surface area contributed by atoms with Gasteiger partial charge in [-0.3, -0.25) is 0 Å². The van der Waals surface area contributed by atoms with Crippen molar-refractivity contribution in [2.45, 2.75) is 6.42 Å². The molecule has 1 saturated heterocycles. The average molecular weight is 237 g/mol. The van der Waals surface area contributed by atoms with E-state index in [9.17, 15) is 0 Å². The highest BCUT2D eigenvalue weighted by Gasteiger charge is 2.20. The van der Waals surface area contributed by atoms with Gasteiger partial charge in [0.05, 0.1) is 5.69 Å². The second-order valence-corrected chi connectivity index (χ2v) is 4.59. The van der Waals surface area contributed by atoms with Crippen molar-refractivity contribution in [1.29, 1.82) is 0 Å². The number of imidazole rings is 1. The van der Waals surface area contributed by atoms with Crippen LogP contribution in [0.2, 0.25) is 5.15 Å². The second kappa shape index (κ2) is 3.64. The lowest BCUT2D eigenvalue weighted by atomic mass is 9.99. The lowest BCUT2D eigenvalue weighted by Crippen LogP contribution is -2.43. The van der Waals surface area contributed by atoms with Crippen LogP contribution < -0.4 is 11.1 Å². The summed E-state index contributed by atoms with van der Waals surface area (Å²) < 4.78 is 2.00. The van der Waals surface area contributed by atoms with Crippen LogP contribution in [0, 0.1) is 5.92 Å². The van der Waals surface area contributed by atoms with Gasteiger partial charge in [0, 0.05) is 12.6 Å². The number of hydrogen-bond acceptors (Lipinski definition) is 3. The monoisotopic (exact) mass is 236 g/mol. The lowest BCUT2D eigenvalue weighted by Gasteiger charge is -2.26. The van der Waals surface area contributed by atoms with E-state index < -0.39 is 0 Å². The van der Waals surface area contributed by atoms with E-state index in [1.807, 2.05) is 22.7 Å². The van der Waals surface area contributed by atoms with Gasteiger partial charge in [0.1, 0.15) is 11.3 Å². The predicted octanol–water partition coefficient (Wildman–Crippen LogP) is 1.33. The Morgan fingerprint density at radius 3 is 3.06 bits per heavy atom. The van der Waals surface area contributed by atoms with Crippen molar-refractivity contribution < 1.29 is 0 Å². The van der Waals surface area contributed by atoms with E-state index in [0.29, 0.717) is 16.8 Å². The molecule has 5 heteroatoms. The number of nitrogens with one attached hydrogen (secondary N) is 1. The van der Waals surface area contributed by atoms with Crippen LogP contribution in [0.3, 0.4) is 0 Å². The molecule has 0 bridgehead atoms. The Labute approximate surface area is 98.4 Å². The minimum Gasteiger partial charge on any atom is -0.397 e. The first kappa shape index (κ1) is 9.93. The molecule has 0 atom stereocenters. The van der Waals surface area contributed by atoms with Gasteiger partial charge in [0.25, 0.3) is 0 Å². The Kier molecular flexibility index (Phi) is 2.26. The smallest absolute Gasteiger partial charge is 0.157 e. The fourth-order valence-corrected chi connectivity index (χ4v) is 2.37. The van der Waals surface area contributed by atoms with Gasteiger partial charge in [0.2, 0.25) is 0 Å². The SMILES string of the molecule is Nc1cccn2c(CC3CNC3)nc(Cl)c12. The van der Waals surface area contributed by atoms with E-state index in [-0.39, 0.29) is 0 Å². The van der Waals surface area contributed by atoms with Crippen LogP contribution in [0.15, 0.2) is 18.3 Å². The van der Waals surface area contributed by atoms with Crippen molar-refractivity contribution in [2.24, 2.45) is 5.92 Å². The number of hydrogen-bond donors (Lipinski definition) is 2. The summed E-state index contributed by atoms with van der Waals surface area (Å²) in [4.78, 5) is 4.39. The third-order valence-electron chi connectivity index (χ3n) is 3.06. The van der Waals surface area contributed by atoms with Crippen LogP contribution in [0.5, 0.6) is 0 Å². The van der Waals surface area contributed by atoms with Gasteiger partial charge in [-0.1, -0.05) is 11.6 Å². The number of nitrogen functional groups attached to an aromatic ring is 1. The van der Waals surface area contributed by atoms with Crippen molar-refractivity contribution in [1.82, 2.24) is 14.7 Å². The highest BCUT2D eigenvalue weighted by atomic mass is 35.5. The average Bonchev–Trinajstić information content (AvgIpc) is 2.51. The molecule has 1 aliphatic heterocycles. The van der Waals surface area contributed by atoms with Crippen LogP contribution in [0.25, 0.3) is 5.52 Å². The molecule has 3 rings (SSSR count). The van der Waals surface area contributed by atoms with Crippen LogP contribution >= 0.6 is 11.6 Å². The predicted molar refractivity (Wildman–Crippen MR) is 64.7 cm³/mol. The van der Waals surface area contributed by atoms with Gasteiger partial charge < -0.3 is 15.5 Å². The van der Waals surface area contributed by atoms with Crippen LogP contribution in [0.4, 0.5) is 5.69 Å². The van der Waals surface area contributed by atoms with Crippen LogP contribution in [0.1, 0.15) is 5.82 Å².